The van der Waals surface area contributed by atoms with Crippen molar-refractivity contribution in [2.45, 2.75) is 19.0 Å². The van der Waals surface area contributed by atoms with Gasteiger partial charge in [0, 0.05) is 41.7 Å². The summed E-state index contributed by atoms with van der Waals surface area (Å²) >= 11 is 0. The Morgan fingerprint density at radius 1 is 1.09 bits per heavy atom. The zero-order valence-electron chi connectivity index (χ0n) is 18.7. The minimum atomic E-state index is -4.63. The van der Waals surface area contributed by atoms with Crippen LogP contribution in [0.2, 0.25) is 0 Å². The topological polar surface area (TPSA) is 122 Å². The fourth-order valence-electron chi connectivity index (χ4n) is 4.05. The lowest BCUT2D eigenvalue weighted by Crippen LogP contribution is -2.28. The molecule has 0 aliphatic rings. The smallest absolute Gasteiger partial charge is 0.399 e. The molecule has 8 nitrogen and oxygen atoms in total. The van der Waals surface area contributed by atoms with Gasteiger partial charge in [-0.15, -0.1) is 0 Å². The average molecular weight is 482 g/mol. The van der Waals surface area contributed by atoms with Crippen LogP contribution in [0.25, 0.3) is 17.1 Å². The molecule has 0 fully saturated rings. The van der Waals surface area contributed by atoms with Crippen molar-refractivity contribution in [3.8, 4) is 17.1 Å². The van der Waals surface area contributed by atoms with Crippen LogP contribution in [0.15, 0.2) is 65.7 Å². The number of alkyl halides is 3. The Balaban J connectivity index is 1.97. The van der Waals surface area contributed by atoms with E-state index in [1.165, 1.54) is 29.1 Å². The third-order valence-corrected chi connectivity index (χ3v) is 5.68. The summed E-state index contributed by atoms with van der Waals surface area (Å²) in [7, 11) is 1.71. The predicted octanol–water partition coefficient (Wildman–Crippen LogP) is 3.48. The summed E-state index contributed by atoms with van der Waals surface area (Å²) in [6, 6.07) is 12.4. The maximum absolute atomic E-state index is 13.4. The number of aromatic nitrogens is 4. The van der Waals surface area contributed by atoms with Crippen LogP contribution < -0.4 is 17.0 Å². The lowest BCUT2D eigenvalue weighted by atomic mass is 9.91. The van der Waals surface area contributed by atoms with Gasteiger partial charge in [0.2, 0.25) is 0 Å². The van der Waals surface area contributed by atoms with E-state index in [-0.39, 0.29) is 22.5 Å². The van der Waals surface area contributed by atoms with Crippen LogP contribution in [0.3, 0.4) is 0 Å². The second-order valence-electron chi connectivity index (χ2n) is 8.04. The molecule has 0 saturated carbocycles. The number of carbonyl (C=O) groups is 1. The summed E-state index contributed by atoms with van der Waals surface area (Å²) < 4.78 is 43.1. The lowest BCUT2D eigenvalue weighted by molar-refractivity contribution is -0.137. The molecule has 0 bridgehead atoms. The Morgan fingerprint density at radius 3 is 2.46 bits per heavy atom. The highest BCUT2D eigenvalue weighted by Gasteiger charge is 2.32. The van der Waals surface area contributed by atoms with Crippen molar-refractivity contribution in [1.29, 1.82) is 0 Å². The van der Waals surface area contributed by atoms with E-state index < -0.39 is 29.1 Å². The van der Waals surface area contributed by atoms with Crippen molar-refractivity contribution in [1.82, 2.24) is 19.3 Å². The first-order chi connectivity index (χ1) is 16.5. The van der Waals surface area contributed by atoms with E-state index in [1.807, 2.05) is 0 Å². The van der Waals surface area contributed by atoms with Gasteiger partial charge in [0.15, 0.2) is 5.82 Å². The fraction of sp³-hybridized carbons (Fsp3) is 0.167. The van der Waals surface area contributed by atoms with Crippen molar-refractivity contribution >= 4 is 11.6 Å². The number of halogens is 3. The average Bonchev–Trinajstić information content (AvgIpc) is 3.23. The molecule has 0 radical (unpaired) electrons. The van der Waals surface area contributed by atoms with E-state index in [2.05, 4.69) is 10.1 Å². The van der Waals surface area contributed by atoms with Crippen molar-refractivity contribution < 1.29 is 18.0 Å². The van der Waals surface area contributed by atoms with E-state index in [1.54, 1.807) is 42.9 Å². The number of rotatable bonds is 5. The number of carbonyl (C=O) groups excluding carboxylic acids is 1. The van der Waals surface area contributed by atoms with E-state index in [0.29, 0.717) is 17.1 Å². The number of nitrogens with zero attached hydrogens (tertiary/aromatic N) is 4. The third-order valence-electron chi connectivity index (χ3n) is 5.68. The highest BCUT2D eigenvalue weighted by Crippen LogP contribution is 2.36. The van der Waals surface area contributed by atoms with Gasteiger partial charge in [0.05, 0.1) is 11.1 Å². The van der Waals surface area contributed by atoms with Gasteiger partial charge in [-0.1, -0.05) is 19.1 Å². The Kier molecular flexibility index (Phi) is 5.93. The molecule has 0 saturated heterocycles. The SMILES string of the molecule is CC(c1cc(N)cc(C(F)(F)F)c1)c1c(C(N)=O)ccc(=O)n1-c1cccc(-c2ncnn2C)c1. The number of aryl methyl sites for hydroxylation is 1. The maximum Gasteiger partial charge on any atom is 0.416 e. The van der Waals surface area contributed by atoms with Crippen LogP contribution in [-0.4, -0.2) is 25.2 Å². The summed E-state index contributed by atoms with van der Waals surface area (Å²) in [6.07, 6.45) is -3.25. The molecular weight excluding hydrogens is 461 g/mol. The number of hydrogen-bond donors (Lipinski definition) is 2. The molecule has 1 unspecified atom stereocenters. The molecule has 2 heterocycles. The molecule has 1 atom stereocenters. The molecule has 4 N–H and O–H groups in total. The minimum Gasteiger partial charge on any atom is -0.399 e. The molecule has 35 heavy (non-hydrogen) atoms. The van der Waals surface area contributed by atoms with Crippen LogP contribution in [0.4, 0.5) is 18.9 Å². The van der Waals surface area contributed by atoms with Crippen LogP contribution in [-0.2, 0) is 13.2 Å². The van der Waals surface area contributed by atoms with E-state index in [0.717, 1.165) is 12.1 Å². The third kappa shape index (κ3) is 4.52. The van der Waals surface area contributed by atoms with Crippen LogP contribution in [0.5, 0.6) is 0 Å². The van der Waals surface area contributed by atoms with Gasteiger partial charge in [-0.25, -0.2) is 9.67 Å². The normalized spacial score (nSPS) is 12.5. The van der Waals surface area contributed by atoms with Gasteiger partial charge in [-0.2, -0.15) is 18.3 Å². The Hall–Kier alpha value is -4.41. The molecule has 0 spiro atoms. The number of benzene rings is 2. The second kappa shape index (κ2) is 8.75. The standard InChI is InChI=1S/C24H21F3N6O2/c1-13(15-8-16(24(25,26)27)11-17(28)9-15)21-19(22(29)35)6-7-20(34)33(21)18-5-3-4-14(10-18)23-30-12-31-32(23)2/h3-13H,28H2,1-2H3,(H2,29,35). The molecule has 0 aliphatic heterocycles. The van der Waals surface area contributed by atoms with E-state index in [9.17, 15) is 22.8 Å². The fourth-order valence-corrected chi connectivity index (χ4v) is 4.05. The van der Waals surface area contributed by atoms with Crippen molar-refractivity contribution in [2.24, 2.45) is 12.8 Å². The Bertz CT molecular complexity index is 1490. The predicted molar refractivity (Wildman–Crippen MR) is 124 cm³/mol. The van der Waals surface area contributed by atoms with Crippen molar-refractivity contribution in [2.75, 3.05) is 5.73 Å². The largest absolute Gasteiger partial charge is 0.416 e. The van der Waals surface area contributed by atoms with E-state index >= 15 is 0 Å². The number of nitrogen functional groups attached to an aromatic ring is 1. The summed E-state index contributed by atoms with van der Waals surface area (Å²) in [5, 5.41) is 4.04. The molecule has 2 aromatic heterocycles. The minimum absolute atomic E-state index is 0.00264. The summed E-state index contributed by atoms with van der Waals surface area (Å²) in [6.45, 7) is 1.58. The van der Waals surface area contributed by atoms with Crippen LogP contribution in [0, 0.1) is 0 Å². The van der Waals surface area contributed by atoms with Crippen molar-refractivity contribution in [3.63, 3.8) is 0 Å². The zero-order valence-corrected chi connectivity index (χ0v) is 18.7. The van der Waals surface area contributed by atoms with Crippen LogP contribution in [0.1, 0.15) is 40.0 Å². The quantitative estimate of drug-likeness (QED) is 0.422. The first-order valence-corrected chi connectivity index (χ1v) is 10.5. The number of amides is 1. The van der Waals surface area contributed by atoms with Crippen LogP contribution >= 0.6 is 0 Å². The van der Waals surface area contributed by atoms with Gasteiger partial charge >= 0.3 is 6.18 Å². The first-order valence-electron chi connectivity index (χ1n) is 10.5. The molecular formula is C24H21F3N6O2. The van der Waals surface area contributed by atoms with Gasteiger partial charge < -0.3 is 11.5 Å². The molecule has 1 amide bonds. The lowest BCUT2D eigenvalue weighted by Gasteiger charge is -2.23. The number of hydrogen-bond acceptors (Lipinski definition) is 5. The summed E-state index contributed by atoms with van der Waals surface area (Å²) in [5.74, 6) is -1.15. The molecule has 4 rings (SSSR count). The van der Waals surface area contributed by atoms with Gasteiger partial charge in [-0.3, -0.25) is 14.2 Å². The number of primary amides is 1. The molecule has 180 valence electrons. The first kappa shape index (κ1) is 23.7. The molecule has 11 heteroatoms. The number of nitrogens with two attached hydrogens (primary N) is 2. The zero-order chi connectivity index (χ0) is 25.5. The Labute approximate surface area is 197 Å². The van der Waals surface area contributed by atoms with E-state index in [4.69, 9.17) is 11.5 Å². The second-order valence-corrected chi connectivity index (χ2v) is 8.04. The number of anilines is 1. The summed E-state index contributed by atoms with van der Waals surface area (Å²) in [4.78, 5) is 29.6. The van der Waals surface area contributed by atoms with Crippen molar-refractivity contribution in [3.05, 3.63) is 93.7 Å². The van der Waals surface area contributed by atoms with Gasteiger partial charge in [-0.05, 0) is 42.0 Å². The molecule has 2 aromatic carbocycles. The summed E-state index contributed by atoms with van der Waals surface area (Å²) in [5.41, 5.74) is 11.2. The highest BCUT2D eigenvalue weighted by atomic mass is 19.4. The molecule has 4 aromatic rings. The molecule has 0 aliphatic carbocycles. The van der Waals surface area contributed by atoms with Gasteiger partial charge in [0.1, 0.15) is 6.33 Å². The monoisotopic (exact) mass is 482 g/mol. The number of pyridine rings is 1. The highest BCUT2D eigenvalue weighted by molar-refractivity contribution is 5.94. The maximum atomic E-state index is 13.4. The van der Waals surface area contributed by atoms with Gasteiger partial charge in [0.25, 0.3) is 11.5 Å². The Morgan fingerprint density at radius 2 is 1.83 bits per heavy atom.